The SMILES string of the molecule is O=C(c1nc([C@H]2CC[C@H](C(=O)O)CC2)cs1)c1c[nH]c2ccccc12. The molecule has 0 bridgehead atoms. The molecule has 25 heavy (non-hydrogen) atoms. The highest BCUT2D eigenvalue weighted by molar-refractivity contribution is 7.12. The number of hydrogen-bond donors (Lipinski definition) is 2. The molecular formula is C19H18N2O3S. The molecule has 2 aromatic heterocycles. The van der Waals surface area contributed by atoms with Crippen molar-refractivity contribution in [3.05, 3.63) is 52.1 Å². The molecule has 2 heterocycles. The zero-order valence-electron chi connectivity index (χ0n) is 13.6. The Morgan fingerprint density at radius 2 is 1.92 bits per heavy atom. The molecule has 0 radical (unpaired) electrons. The van der Waals surface area contributed by atoms with Crippen LogP contribution in [0, 0.1) is 5.92 Å². The van der Waals surface area contributed by atoms with Crippen LogP contribution < -0.4 is 0 Å². The number of fused-ring (bicyclic) bond motifs is 1. The van der Waals surface area contributed by atoms with Gasteiger partial charge in [-0.25, -0.2) is 4.98 Å². The zero-order chi connectivity index (χ0) is 17.4. The largest absolute Gasteiger partial charge is 0.481 e. The number of nitrogens with one attached hydrogen (secondary N) is 1. The Balaban J connectivity index is 1.53. The predicted octanol–water partition coefficient (Wildman–Crippen LogP) is 4.21. The van der Waals surface area contributed by atoms with Gasteiger partial charge in [0.2, 0.25) is 5.78 Å². The molecule has 2 N–H and O–H groups in total. The minimum Gasteiger partial charge on any atom is -0.481 e. The van der Waals surface area contributed by atoms with Crippen LogP contribution in [0.25, 0.3) is 10.9 Å². The van der Waals surface area contributed by atoms with Crippen LogP contribution >= 0.6 is 11.3 Å². The number of rotatable bonds is 4. The third-order valence-electron chi connectivity index (χ3n) is 5.04. The van der Waals surface area contributed by atoms with E-state index in [1.807, 2.05) is 29.6 Å². The van der Waals surface area contributed by atoms with E-state index in [0.29, 0.717) is 23.4 Å². The van der Waals surface area contributed by atoms with E-state index in [4.69, 9.17) is 5.11 Å². The Bertz CT molecular complexity index is 935. The second kappa shape index (κ2) is 6.44. The van der Waals surface area contributed by atoms with Crippen molar-refractivity contribution >= 4 is 34.0 Å². The average Bonchev–Trinajstić information content (AvgIpc) is 3.29. The number of carbonyl (C=O) groups excluding carboxylic acids is 1. The van der Waals surface area contributed by atoms with Crippen molar-refractivity contribution in [2.24, 2.45) is 5.92 Å². The number of carbonyl (C=O) groups is 2. The number of benzene rings is 1. The highest BCUT2D eigenvalue weighted by atomic mass is 32.1. The number of carboxylic acids is 1. The molecule has 1 aliphatic rings. The number of ketones is 1. The molecule has 1 saturated carbocycles. The van der Waals surface area contributed by atoms with E-state index < -0.39 is 5.97 Å². The summed E-state index contributed by atoms with van der Waals surface area (Å²) in [6, 6.07) is 7.73. The normalized spacial score (nSPS) is 20.6. The van der Waals surface area contributed by atoms with Crippen molar-refractivity contribution in [2.75, 3.05) is 0 Å². The van der Waals surface area contributed by atoms with Gasteiger partial charge in [0, 0.05) is 28.4 Å². The van der Waals surface area contributed by atoms with Gasteiger partial charge in [0.15, 0.2) is 5.01 Å². The maximum atomic E-state index is 12.8. The lowest BCUT2D eigenvalue weighted by Crippen LogP contribution is -2.20. The van der Waals surface area contributed by atoms with E-state index in [1.54, 1.807) is 6.20 Å². The molecule has 5 nitrogen and oxygen atoms in total. The van der Waals surface area contributed by atoms with E-state index in [1.165, 1.54) is 11.3 Å². The minimum atomic E-state index is -0.702. The summed E-state index contributed by atoms with van der Waals surface area (Å²) in [6.45, 7) is 0. The van der Waals surface area contributed by atoms with Gasteiger partial charge in [-0.15, -0.1) is 11.3 Å². The standard InChI is InChI=1S/C19H18N2O3S/c22-17(14-9-20-15-4-2-1-3-13(14)15)18-21-16(10-25-18)11-5-7-12(8-6-11)19(23)24/h1-4,9-12,20H,5-8H2,(H,23,24)/t11-,12-. The van der Waals surface area contributed by atoms with E-state index in [0.717, 1.165) is 29.4 Å². The average molecular weight is 354 g/mol. The van der Waals surface area contributed by atoms with Gasteiger partial charge < -0.3 is 10.1 Å². The Hall–Kier alpha value is -2.47. The molecular weight excluding hydrogens is 336 g/mol. The summed E-state index contributed by atoms with van der Waals surface area (Å²) in [5.41, 5.74) is 2.51. The van der Waals surface area contributed by atoms with Gasteiger partial charge >= 0.3 is 5.97 Å². The van der Waals surface area contributed by atoms with Crippen molar-refractivity contribution in [2.45, 2.75) is 31.6 Å². The molecule has 6 heteroatoms. The predicted molar refractivity (Wildman–Crippen MR) is 96.2 cm³/mol. The van der Waals surface area contributed by atoms with Gasteiger partial charge in [-0.2, -0.15) is 0 Å². The topological polar surface area (TPSA) is 83.1 Å². The number of hydrogen-bond acceptors (Lipinski definition) is 4. The van der Waals surface area contributed by atoms with Gasteiger partial charge in [-0.3, -0.25) is 9.59 Å². The Morgan fingerprint density at radius 1 is 1.16 bits per heavy atom. The number of thiazole rings is 1. The molecule has 128 valence electrons. The number of aromatic amines is 1. The van der Waals surface area contributed by atoms with Crippen LogP contribution in [-0.2, 0) is 4.79 Å². The third-order valence-corrected chi connectivity index (χ3v) is 5.90. The van der Waals surface area contributed by atoms with Crippen LogP contribution in [0.15, 0.2) is 35.8 Å². The lowest BCUT2D eigenvalue weighted by atomic mass is 9.81. The molecule has 4 rings (SSSR count). The second-order valence-corrected chi connectivity index (χ2v) is 7.40. The molecule has 1 aromatic carbocycles. The smallest absolute Gasteiger partial charge is 0.306 e. The van der Waals surface area contributed by atoms with Crippen LogP contribution in [-0.4, -0.2) is 26.8 Å². The Morgan fingerprint density at radius 3 is 2.68 bits per heavy atom. The zero-order valence-corrected chi connectivity index (χ0v) is 14.4. The summed E-state index contributed by atoms with van der Waals surface area (Å²) >= 11 is 1.37. The second-order valence-electron chi connectivity index (χ2n) is 6.54. The molecule has 0 unspecified atom stereocenters. The molecule has 0 aliphatic heterocycles. The summed E-state index contributed by atoms with van der Waals surface area (Å²) in [5, 5.41) is 12.5. The molecule has 1 fully saturated rings. The highest BCUT2D eigenvalue weighted by Gasteiger charge is 2.28. The minimum absolute atomic E-state index is 0.0621. The van der Waals surface area contributed by atoms with Gasteiger partial charge in [-0.1, -0.05) is 18.2 Å². The lowest BCUT2D eigenvalue weighted by Gasteiger charge is -2.24. The fourth-order valence-corrected chi connectivity index (χ4v) is 4.44. The molecule has 1 aliphatic carbocycles. The monoisotopic (exact) mass is 354 g/mol. The van der Waals surface area contributed by atoms with Crippen molar-refractivity contribution in [3.63, 3.8) is 0 Å². The first-order valence-corrected chi connectivity index (χ1v) is 9.30. The molecule has 0 amide bonds. The summed E-state index contributed by atoms with van der Waals surface area (Å²) in [6.07, 6.45) is 4.75. The van der Waals surface area contributed by atoms with E-state index in [2.05, 4.69) is 9.97 Å². The summed E-state index contributed by atoms with van der Waals surface area (Å²) < 4.78 is 0. The van der Waals surface area contributed by atoms with Crippen LogP contribution in [0.1, 0.15) is 52.7 Å². The maximum absolute atomic E-state index is 12.8. The number of carboxylic acid groups (broad SMARTS) is 1. The summed E-state index contributed by atoms with van der Waals surface area (Å²) in [5.74, 6) is -0.738. The first kappa shape index (κ1) is 16.0. The molecule has 0 atom stereocenters. The fourth-order valence-electron chi connectivity index (χ4n) is 3.59. The van der Waals surface area contributed by atoms with Crippen molar-refractivity contribution in [3.8, 4) is 0 Å². The van der Waals surface area contributed by atoms with Gasteiger partial charge in [0.05, 0.1) is 17.2 Å². The van der Waals surface area contributed by atoms with Crippen LogP contribution in [0.3, 0.4) is 0 Å². The maximum Gasteiger partial charge on any atom is 0.306 e. The fraction of sp³-hybridized carbons (Fsp3) is 0.316. The first-order chi connectivity index (χ1) is 12.1. The summed E-state index contributed by atoms with van der Waals surface area (Å²) in [7, 11) is 0. The van der Waals surface area contributed by atoms with Crippen molar-refractivity contribution in [1.29, 1.82) is 0 Å². The van der Waals surface area contributed by atoms with Crippen LogP contribution in [0.2, 0.25) is 0 Å². The number of nitrogens with zero attached hydrogens (tertiary/aromatic N) is 1. The van der Waals surface area contributed by atoms with E-state index in [-0.39, 0.29) is 17.6 Å². The van der Waals surface area contributed by atoms with Crippen molar-refractivity contribution in [1.82, 2.24) is 9.97 Å². The molecule has 0 spiro atoms. The van der Waals surface area contributed by atoms with E-state index in [9.17, 15) is 9.59 Å². The Labute approximate surface area is 148 Å². The number of H-pyrrole nitrogens is 1. The van der Waals surface area contributed by atoms with Crippen LogP contribution in [0.4, 0.5) is 0 Å². The Kier molecular flexibility index (Phi) is 4.13. The molecule has 0 saturated heterocycles. The quantitative estimate of drug-likeness (QED) is 0.687. The van der Waals surface area contributed by atoms with Crippen molar-refractivity contribution < 1.29 is 14.7 Å². The number of aliphatic carboxylic acids is 1. The van der Waals surface area contributed by atoms with E-state index >= 15 is 0 Å². The first-order valence-electron chi connectivity index (χ1n) is 8.42. The van der Waals surface area contributed by atoms with Gasteiger partial charge in [-0.05, 0) is 31.7 Å². The highest BCUT2D eigenvalue weighted by Crippen LogP contribution is 2.36. The summed E-state index contributed by atoms with van der Waals surface area (Å²) in [4.78, 5) is 31.6. The van der Waals surface area contributed by atoms with Crippen LogP contribution in [0.5, 0.6) is 0 Å². The molecule has 3 aromatic rings. The van der Waals surface area contributed by atoms with Gasteiger partial charge in [0.25, 0.3) is 0 Å². The number of para-hydroxylation sites is 1. The lowest BCUT2D eigenvalue weighted by molar-refractivity contribution is -0.142. The van der Waals surface area contributed by atoms with Gasteiger partial charge in [0.1, 0.15) is 0 Å². The third kappa shape index (κ3) is 2.98. The number of aromatic nitrogens is 2.